The molecule has 0 saturated carbocycles. The number of nitrogen functional groups attached to an aromatic ring is 1. The van der Waals surface area contributed by atoms with Crippen LogP contribution in [0.3, 0.4) is 0 Å². The lowest BCUT2D eigenvalue weighted by atomic mass is 9.89. The van der Waals surface area contributed by atoms with Crippen LogP contribution in [0.5, 0.6) is 0 Å². The Hall–Kier alpha value is -4.42. The molecule has 3 rings (SSSR count). The number of aryl methyl sites for hydroxylation is 1. The Morgan fingerprint density at radius 3 is 2.27 bits per heavy atom. The number of carboxylic acid groups (broad SMARTS) is 1. The molecule has 13 nitrogen and oxygen atoms in total. The molecule has 0 spiro atoms. The molecule has 2 aromatic rings. The molecule has 216 valence electrons. The molecule has 1 unspecified atom stereocenters. The van der Waals surface area contributed by atoms with Crippen LogP contribution in [0.1, 0.15) is 52.9 Å². The van der Waals surface area contributed by atoms with Gasteiger partial charge in [-0.05, 0) is 43.5 Å². The molecule has 1 aliphatic heterocycles. The highest BCUT2D eigenvalue weighted by Crippen LogP contribution is 2.36. The molecule has 1 saturated heterocycles. The zero-order chi connectivity index (χ0) is 29.7. The number of aromatic nitrogens is 1. The van der Waals surface area contributed by atoms with Crippen molar-refractivity contribution >= 4 is 46.4 Å². The predicted octanol–water partition coefficient (Wildman–Crippen LogP) is 1.10. The summed E-state index contributed by atoms with van der Waals surface area (Å²) in [7, 11) is 3.19. The van der Waals surface area contributed by atoms with Gasteiger partial charge in [0, 0.05) is 57.6 Å². The van der Waals surface area contributed by atoms with E-state index in [1.165, 1.54) is 15.9 Å². The van der Waals surface area contributed by atoms with Crippen LogP contribution in [-0.2, 0) is 25.5 Å². The van der Waals surface area contributed by atoms with Gasteiger partial charge in [-0.25, -0.2) is 9.78 Å². The maximum absolute atomic E-state index is 13.8. The number of carbonyl (C=O) groups excluding carboxylic acids is 4. The number of ether oxygens (including phenoxy) is 1. The van der Waals surface area contributed by atoms with Crippen LogP contribution in [0.4, 0.5) is 10.5 Å². The molecule has 4 amide bonds. The van der Waals surface area contributed by atoms with E-state index in [0.717, 1.165) is 0 Å². The van der Waals surface area contributed by atoms with Crippen molar-refractivity contribution in [2.24, 2.45) is 5.73 Å². The molecule has 1 fully saturated rings. The van der Waals surface area contributed by atoms with Gasteiger partial charge in [0.05, 0.1) is 35.8 Å². The van der Waals surface area contributed by atoms with Crippen molar-refractivity contribution in [3.05, 3.63) is 34.5 Å². The third-order valence-corrected chi connectivity index (χ3v) is 7.07. The number of hydrogen-bond donors (Lipinski definition) is 3. The SMILES string of the molecule is CCOC(=O)N1CCN(C(=O)C(CCC(=O)O)c2nc3ccc(C(N)=O)c(C)c3c(CC(=O)N(C)C)c2N)CC1. The van der Waals surface area contributed by atoms with Crippen LogP contribution < -0.4 is 11.5 Å². The monoisotopic (exact) mass is 556 g/mol. The minimum absolute atomic E-state index is 0.0750. The standard InChI is InChI=1S/C27H36N6O7/c1-5-40-27(39)33-12-10-32(11-13-33)26(38)17(7-9-21(35)36)24-23(28)18(14-20(34)31(3)4)22-15(2)16(25(29)37)6-8-19(22)30-24/h6,8,17H,5,7,9-14,28H2,1-4H3,(H2,29,37)(H,35,36). The number of rotatable bonds is 9. The van der Waals surface area contributed by atoms with E-state index < -0.39 is 23.9 Å². The Labute approximate surface area is 232 Å². The van der Waals surface area contributed by atoms with Gasteiger partial charge >= 0.3 is 12.1 Å². The summed E-state index contributed by atoms with van der Waals surface area (Å²) in [6.07, 6.45) is -0.983. The highest BCUT2D eigenvalue weighted by Gasteiger charge is 2.34. The Morgan fingerprint density at radius 2 is 1.73 bits per heavy atom. The number of pyridine rings is 1. The summed E-state index contributed by atoms with van der Waals surface area (Å²) in [4.78, 5) is 71.4. The van der Waals surface area contributed by atoms with Gasteiger partial charge in [0.15, 0.2) is 0 Å². The van der Waals surface area contributed by atoms with Gasteiger partial charge < -0.3 is 36.0 Å². The average Bonchev–Trinajstić information content (AvgIpc) is 2.90. The van der Waals surface area contributed by atoms with Gasteiger partial charge in [0.1, 0.15) is 0 Å². The van der Waals surface area contributed by atoms with Crippen LogP contribution in [0.15, 0.2) is 12.1 Å². The number of likely N-dealkylation sites (N-methyl/N-ethyl adjacent to an activating group) is 1. The number of primary amides is 1. The summed E-state index contributed by atoms with van der Waals surface area (Å²) in [5, 5.41) is 9.90. The number of fused-ring (bicyclic) bond motifs is 1. The predicted molar refractivity (Wildman–Crippen MR) is 147 cm³/mol. The Balaban J connectivity index is 2.11. The summed E-state index contributed by atoms with van der Waals surface area (Å²) in [6.45, 7) is 4.60. The quantitative estimate of drug-likeness (QED) is 0.406. The van der Waals surface area contributed by atoms with Gasteiger partial charge in [0.25, 0.3) is 0 Å². The number of hydrogen-bond acceptors (Lipinski definition) is 8. The lowest BCUT2D eigenvalue weighted by Crippen LogP contribution is -2.51. The van der Waals surface area contributed by atoms with Crippen molar-refractivity contribution in [3.63, 3.8) is 0 Å². The smallest absolute Gasteiger partial charge is 0.409 e. The number of piperazine rings is 1. The first-order chi connectivity index (χ1) is 18.9. The third-order valence-electron chi connectivity index (χ3n) is 7.07. The highest BCUT2D eigenvalue weighted by molar-refractivity contribution is 6.03. The molecule has 1 aliphatic rings. The number of carboxylic acids is 1. The molecule has 1 atom stereocenters. The number of aliphatic carboxylic acids is 1. The molecule has 40 heavy (non-hydrogen) atoms. The number of anilines is 1. The van der Waals surface area contributed by atoms with E-state index in [4.69, 9.17) is 16.2 Å². The second kappa shape index (κ2) is 12.6. The minimum Gasteiger partial charge on any atom is -0.481 e. The maximum Gasteiger partial charge on any atom is 0.409 e. The fraction of sp³-hybridized carbons (Fsp3) is 0.481. The van der Waals surface area contributed by atoms with Crippen LogP contribution in [0, 0.1) is 6.92 Å². The second-order valence-electron chi connectivity index (χ2n) is 9.85. The highest BCUT2D eigenvalue weighted by atomic mass is 16.6. The molecule has 13 heteroatoms. The molecule has 1 aromatic carbocycles. The number of nitrogens with zero attached hydrogens (tertiary/aromatic N) is 4. The Bertz CT molecular complexity index is 1330. The van der Waals surface area contributed by atoms with Crippen LogP contribution in [0.25, 0.3) is 10.9 Å². The molecule has 5 N–H and O–H groups in total. The van der Waals surface area contributed by atoms with Crippen molar-refractivity contribution in [1.29, 1.82) is 0 Å². The average molecular weight is 557 g/mol. The maximum atomic E-state index is 13.8. The lowest BCUT2D eigenvalue weighted by molar-refractivity contribution is -0.138. The normalized spacial score (nSPS) is 14.1. The molecule has 0 bridgehead atoms. The van der Waals surface area contributed by atoms with Gasteiger partial charge in [-0.15, -0.1) is 0 Å². The molecule has 0 radical (unpaired) electrons. The molecular weight excluding hydrogens is 520 g/mol. The molecule has 2 heterocycles. The van der Waals surface area contributed by atoms with E-state index in [1.54, 1.807) is 38.9 Å². The first-order valence-electron chi connectivity index (χ1n) is 13.0. The third kappa shape index (κ3) is 6.41. The van der Waals surface area contributed by atoms with Crippen molar-refractivity contribution < 1.29 is 33.8 Å². The van der Waals surface area contributed by atoms with Crippen molar-refractivity contribution in [2.45, 2.75) is 39.0 Å². The van der Waals surface area contributed by atoms with Crippen molar-refractivity contribution in [1.82, 2.24) is 19.7 Å². The van der Waals surface area contributed by atoms with E-state index in [0.29, 0.717) is 22.0 Å². The fourth-order valence-corrected chi connectivity index (χ4v) is 4.87. The number of carbonyl (C=O) groups is 5. The zero-order valence-corrected chi connectivity index (χ0v) is 23.2. The zero-order valence-electron chi connectivity index (χ0n) is 23.2. The Morgan fingerprint density at radius 1 is 1.10 bits per heavy atom. The summed E-state index contributed by atoms with van der Waals surface area (Å²) < 4.78 is 5.04. The number of amides is 4. The van der Waals surface area contributed by atoms with Crippen LogP contribution in [0.2, 0.25) is 0 Å². The molecule has 0 aliphatic carbocycles. The Kier molecular flexibility index (Phi) is 9.51. The van der Waals surface area contributed by atoms with E-state index in [1.807, 2.05) is 0 Å². The van der Waals surface area contributed by atoms with E-state index in [2.05, 4.69) is 4.98 Å². The van der Waals surface area contributed by atoms with Crippen LogP contribution in [-0.4, -0.2) is 101 Å². The van der Waals surface area contributed by atoms with Gasteiger partial charge in [0.2, 0.25) is 17.7 Å². The fourth-order valence-electron chi connectivity index (χ4n) is 4.87. The summed E-state index contributed by atoms with van der Waals surface area (Å²) >= 11 is 0. The first-order valence-corrected chi connectivity index (χ1v) is 13.0. The number of nitrogens with two attached hydrogens (primary N) is 2. The topological polar surface area (TPSA) is 189 Å². The van der Waals surface area contributed by atoms with Crippen molar-refractivity contribution in [2.75, 3.05) is 52.6 Å². The van der Waals surface area contributed by atoms with E-state index in [-0.39, 0.29) is 80.8 Å². The largest absolute Gasteiger partial charge is 0.481 e. The summed E-state index contributed by atoms with van der Waals surface area (Å²) in [5.74, 6) is -3.40. The van der Waals surface area contributed by atoms with E-state index >= 15 is 0 Å². The van der Waals surface area contributed by atoms with Crippen molar-refractivity contribution in [3.8, 4) is 0 Å². The lowest BCUT2D eigenvalue weighted by Gasteiger charge is -2.36. The number of benzene rings is 1. The summed E-state index contributed by atoms with van der Waals surface area (Å²) in [6, 6.07) is 3.10. The first kappa shape index (κ1) is 30.1. The van der Waals surface area contributed by atoms with Crippen LogP contribution >= 0.6 is 0 Å². The molecule has 1 aromatic heterocycles. The van der Waals surface area contributed by atoms with Gasteiger partial charge in [-0.3, -0.25) is 19.2 Å². The summed E-state index contributed by atoms with van der Waals surface area (Å²) in [5.41, 5.74) is 14.0. The van der Waals surface area contributed by atoms with E-state index in [9.17, 15) is 29.1 Å². The minimum atomic E-state index is -1.09. The molecular formula is C27H36N6O7. The van der Waals surface area contributed by atoms with Gasteiger partial charge in [-0.2, -0.15) is 0 Å². The second-order valence-corrected chi connectivity index (χ2v) is 9.85. The van der Waals surface area contributed by atoms with Gasteiger partial charge in [-0.1, -0.05) is 0 Å².